The molecule has 0 radical (unpaired) electrons. The Morgan fingerprint density at radius 1 is 1.35 bits per heavy atom. The molecule has 20 heavy (non-hydrogen) atoms. The number of hydrogen-bond acceptors (Lipinski definition) is 4. The quantitative estimate of drug-likeness (QED) is 0.788. The zero-order valence-corrected chi connectivity index (χ0v) is 11.7. The predicted octanol–water partition coefficient (Wildman–Crippen LogP) is 1.02. The van der Waals surface area contributed by atoms with Crippen molar-refractivity contribution >= 4 is 23.3 Å². The van der Waals surface area contributed by atoms with Crippen LogP contribution in [0, 0.1) is 0 Å². The second-order valence-electron chi connectivity index (χ2n) is 5.09. The Morgan fingerprint density at radius 2 is 2.05 bits per heavy atom. The number of benzene rings is 1. The highest BCUT2D eigenvalue weighted by atomic mass is 16.4. The van der Waals surface area contributed by atoms with E-state index < -0.39 is 5.97 Å². The summed E-state index contributed by atoms with van der Waals surface area (Å²) in [7, 11) is 0. The molecule has 108 valence electrons. The number of anilines is 2. The summed E-state index contributed by atoms with van der Waals surface area (Å²) in [4.78, 5) is 26.6. The molecule has 1 atom stereocenters. The maximum absolute atomic E-state index is 11.5. The first-order chi connectivity index (χ1) is 9.40. The van der Waals surface area contributed by atoms with Gasteiger partial charge in [0.1, 0.15) is 0 Å². The van der Waals surface area contributed by atoms with Gasteiger partial charge in [0.2, 0.25) is 5.91 Å². The van der Waals surface area contributed by atoms with Crippen LogP contribution in [0.2, 0.25) is 0 Å². The van der Waals surface area contributed by atoms with Gasteiger partial charge < -0.3 is 20.6 Å². The van der Waals surface area contributed by atoms with E-state index in [-0.39, 0.29) is 17.5 Å². The van der Waals surface area contributed by atoms with Crippen LogP contribution in [-0.4, -0.2) is 47.6 Å². The number of rotatable bonds is 2. The Hall–Kier alpha value is -2.24. The van der Waals surface area contributed by atoms with Crippen LogP contribution < -0.4 is 10.6 Å². The zero-order chi connectivity index (χ0) is 14.9. The normalized spacial score (nSPS) is 19.0. The fourth-order valence-electron chi connectivity index (χ4n) is 2.64. The van der Waals surface area contributed by atoms with Crippen LogP contribution in [0.15, 0.2) is 18.2 Å². The lowest BCUT2D eigenvalue weighted by molar-refractivity contribution is -0.131. The summed E-state index contributed by atoms with van der Waals surface area (Å²) in [5.41, 5.74) is 6.94. The smallest absolute Gasteiger partial charge is 0.337 e. The highest BCUT2D eigenvalue weighted by molar-refractivity contribution is 5.95. The van der Waals surface area contributed by atoms with Crippen LogP contribution in [-0.2, 0) is 4.79 Å². The molecule has 0 aromatic heterocycles. The number of carboxylic acids is 1. The van der Waals surface area contributed by atoms with Crippen molar-refractivity contribution in [1.29, 1.82) is 0 Å². The molecule has 1 aromatic rings. The molecule has 1 aromatic carbocycles. The van der Waals surface area contributed by atoms with Gasteiger partial charge in [-0.2, -0.15) is 0 Å². The van der Waals surface area contributed by atoms with Crippen molar-refractivity contribution in [3.8, 4) is 0 Å². The minimum atomic E-state index is -0.992. The fourth-order valence-corrected chi connectivity index (χ4v) is 2.64. The van der Waals surface area contributed by atoms with Gasteiger partial charge in [-0.15, -0.1) is 0 Å². The van der Waals surface area contributed by atoms with Gasteiger partial charge in [-0.05, 0) is 25.1 Å². The van der Waals surface area contributed by atoms with Crippen molar-refractivity contribution in [3.63, 3.8) is 0 Å². The number of nitrogens with two attached hydrogens (primary N) is 1. The van der Waals surface area contributed by atoms with Gasteiger partial charge >= 0.3 is 5.97 Å². The number of nitrogen functional groups attached to an aromatic ring is 1. The summed E-state index contributed by atoms with van der Waals surface area (Å²) in [6.45, 7) is 5.35. The minimum Gasteiger partial charge on any atom is -0.478 e. The Kier molecular flexibility index (Phi) is 3.83. The first-order valence-electron chi connectivity index (χ1n) is 6.55. The molecule has 1 heterocycles. The Bertz CT molecular complexity index is 544. The van der Waals surface area contributed by atoms with E-state index in [1.807, 2.05) is 11.8 Å². The lowest BCUT2D eigenvalue weighted by Gasteiger charge is -2.41. The average Bonchev–Trinajstić information content (AvgIpc) is 2.37. The van der Waals surface area contributed by atoms with E-state index in [0.29, 0.717) is 31.0 Å². The van der Waals surface area contributed by atoms with Crippen molar-refractivity contribution in [2.75, 3.05) is 30.3 Å². The molecule has 6 heteroatoms. The van der Waals surface area contributed by atoms with Crippen molar-refractivity contribution in [2.24, 2.45) is 0 Å². The third-order valence-electron chi connectivity index (χ3n) is 3.62. The van der Waals surface area contributed by atoms with Crippen LogP contribution in [0.1, 0.15) is 24.2 Å². The van der Waals surface area contributed by atoms with Gasteiger partial charge in [-0.1, -0.05) is 0 Å². The lowest BCUT2D eigenvalue weighted by atomic mass is 10.1. The molecule has 0 saturated carbocycles. The molecule has 0 spiro atoms. The van der Waals surface area contributed by atoms with Gasteiger partial charge in [0, 0.05) is 38.3 Å². The molecular weight excluding hydrogens is 258 g/mol. The summed E-state index contributed by atoms with van der Waals surface area (Å²) >= 11 is 0. The Labute approximate surface area is 117 Å². The van der Waals surface area contributed by atoms with Gasteiger partial charge in [0.25, 0.3) is 0 Å². The standard InChI is InChI=1S/C14H19N3O3/c1-9-8-16(5-6-17(9)10(2)18)13-4-3-11(15)7-12(13)14(19)20/h3-4,7,9H,5-6,8,15H2,1-2H3,(H,19,20). The van der Waals surface area contributed by atoms with Crippen LogP contribution in [0.5, 0.6) is 0 Å². The molecule has 1 fully saturated rings. The third kappa shape index (κ3) is 2.68. The summed E-state index contributed by atoms with van der Waals surface area (Å²) in [6, 6.07) is 4.96. The topological polar surface area (TPSA) is 86.9 Å². The number of aromatic carboxylic acids is 1. The molecule has 2 rings (SSSR count). The summed E-state index contributed by atoms with van der Waals surface area (Å²) in [5, 5.41) is 9.28. The number of nitrogens with zero attached hydrogens (tertiary/aromatic N) is 2. The molecule has 0 bridgehead atoms. The van der Waals surface area contributed by atoms with Gasteiger partial charge in [-0.25, -0.2) is 4.79 Å². The van der Waals surface area contributed by atoms with Crippen molar-refractivity contribution in [1.82, 2.24) is 4.90 Å². The number of carbonyl (C=O) groups excluding carboxylic acids is 1. The molecule has 1 saturated heterocycles. The third-order valence-corrected chi connectivity index (χ3v) is 3.62. The minimum absolute atomic E-state index is 0.0490. The van der Waals surface area contributed by atoms with Crippen LogP contribution in [0.25, 0.3) is 0 Å². The van der Waals surface area contributed by atoms with E-state index in [1.165, 1.54) is 6.07 Å². The maximum Gasteiger partial charge on any atom is 0.337 e. The first-order valence-corrected chi connectivity index (χ1v) is 6.55. The predicted molar refractivity (Wildman–Crippen MR) is 76.9 cm³/mol. The average molecular weight is 277 g/mol. The number of amides is 1. The molecule has 3 N–H and O–H groups in total. The van der Waals surface area contributed by atoms with Crippen LogP contribution in [0.4, 0.5) is 11.4 Å². The number of hydrogen-bond donors (Lipinski definition) is 2. The van der Waals surface area contributed by atoms with Crippen LogP contribution >= 0.6 is 0 Å². The molecule has 1 aliphatic heterocycles. The SMILES string of the molecule is CC(=O)N1CCN(c2ccc(N)cc2C(=O)O)CC1C. The Balaban J connectivity index is 2.26. The largest absolute Gasteiger partial charge is 0.478 e. The summed E-state index contributed by atoms with van der Waals surface area (Å²) in [6.07, 6.45) is 0. The van der Waals surface area contributed by atoms with E-state index >= 15 is 0 Å². The van der Waals surface area contributed by atoms with E-state index in [4.69, 9.17) is 5.73 Å². The van der Waals surface area contributed by atoms with Crippen molar-refractivity contribution in [3.05, 3.63) is 23.8 Å². The maximum atomic E-state index is 11.5. The summed E-state index contributed by atoms with van der Waals surface area (Å²) in [5.74, 6) is -0.943. The van der Waals surface area contributed by atoms with Crippen molar-refractivity contribution in [2.45, 2.75) is 19.9 Å². The fraction of sp³-hybridized carbons (Fsp3) is 0.429. The highest BCUT2D eigenvalue weighted by Gasteiger charge is 2.27. The van der Waals surface area contributed by atoms with E-state index in [9.17, 15) is 14.7 Å². The number of carboxylic acid groups (broad SMARTS) is 1. The summed E-state index contributed by atoms with van der Waals surface area (Å²) < 4.78 is 0. The molecule has 6 nitrogen and oxygen atoms in total. The van der Waals surface area contributed by atoms with Gasteiger partial charge in [-0.3, -0.25) is 4.79 Å². The molecule has 1 unspecified atom stereocenters. The molecule has 0 aliphatic carbocycles. The van der Waals surface area contributed by atoms with E-state index in [1.54, 1.807) is 24.0 Å². The van der Waals surface area contributed by atoms with E-state index in [2.05, 4.69) is 0 Å². The van der Waals surface area contributed by atoms with Crippen molar-refractivity contribution < 1.29 is 14.7 Å². The highest BCUT2D eigenvalue weighted by Crippen LogP contribution is 2.25. The second-order valence-corrected chi connectivity index (χ2v) is 5.09. The zero-order valence-electron chi connectivity index (χ0n) is 11.7. The second kappa shape index (κ2) is 5.40. The Morgan fingerprint density at radius 3 is 2.60 bits per heavy atom. The number of piperazine rings is 1. The molecule has 1 aliphatic rings. The monoisotopic (exact) mass is 277 g/mol. The number of carbonyl (C=O) groups is 2. The van der Waals surface area contributed by atoms with Crippen LogP contribution in [0.3, 0.4) is 0 Å². The van der Waals surface area contributed by atoms with Gasteiger partial charge in [0.15, 0.2) is 0 Å². The molecular formula is C14H19N3O3. The lowest BCUT2D eigenvalue weighted by Crippen LogP contribution is -2.53. The van der Waals surface area contributed by atoms with E-state index in [0.717, 1.165) is 0 Å². The van der Waals surface area contributed by atoms with Gasteiger partial charge in [0.05, 0.1) is 11.3 Å². The first kappa shape index (κ1) is 14.2. The molecule has 1 amide bonds.